The molecule has 2 aliphatic rings. The Morgan fingerprint density at radius 3 is 2.61 bits per heavy atom. The Kier molecular flexibility index (Phi) is 4.90. The van der Waals surface area contributed by atoms with Crippen LogP contribution in [-0.4, -0.2) is 54.2 Å². The molecular formula is C19H28N2O2. The lowest BCUT2D eigenvalue weighted by Crippen LogP contribution is -2.62. The van der Waals surface area contributed by atoms with E-state index >= 15 is 0 Å². The van der Waals surface area contributed by atoms with Crippen LogP contribution in [0.25, 0.3) is 0 Å². The molecule has 3 rings (SSSR count). The van der Waals surface area contributed by atoms with Crippen molar-refractivity contribution >= 4 is 6.09 Å². The van der Waals surface area contributed by atoms with Crippen LogP contribution in [0.3, 0.4) is 0 Å². The maximum Gasteiger partial charge on any atom is 0.410 e. The number of benzene rings is 1. The summed E-state index contributed by atoms with van der Waals surface area (Å²) in [7, 11) is 0. The molecule has 2 heterocycles. The van der Waals surface area contributed by atoms with E-state index in [0.717, 1.165) is 38.5 Å². The fourth-order valence-corrected chi connectivity index (χ4v) is 3.99. The number of carbonyl (C=O) groups excluding carboxylic acids is 1. The molecule has 126 valence electrons. The van der Waals surface area contributed by atoms with Gasteiger partial charge in [-0.2, -0.15) is 0 Å². The van der Waals surface area contributed by atoms with Gasteiger partial charge in [-0.25, -0.2) is 4.79 Å². The van der Waals surface area contributed by atoms with Crippen molar-refractivity contribution in [1.29, 1.82) is 0 Å². The Morgan fingerprint density at radius 1 is 1.17 bits per heavy atom. The summed E-state index contributed by atoms with van der Waals surface area (Å²) in [4.78, 5) is 16.6. The predicted octanol–water partition coefficient (Wildman–Crippen LogP) is 3.17. The van der Waals surface area contributed by atoms with E-state index in [1.165, 1.54) is 18.4 Å². The summed E-state index contributed by atoms with van der Waals surface area (Å²) in [6.45, 7) is 8.85. The zero-order valence-electron chi connectivity index (χ0n) is 14.3. The molecule has 1 aromatic rings. The van der Waals surface area contributed by atoms with Crippen LogP contribution < -0.4 is 0 Å². The first-order valence-corrected chi connectivity index (χ1v) is 8.87. The Labute approximate surface area is 139 Å². The molecule has 4 nitrogen and oxygen atoms in total. The van der Waals surface area contributed by atoms with Gasteiger partial charge >= 0.3 is 6.09 Å². The van der Waals surface area contributed by atoms with Crippen LogP contribution in [0.2, 0.25) is 0 Å². The summed E-state index contributed by atoms with van der Waals surface area (Å²) in [5, 5.41) is 0. The van der Waals surface area contributed by atoms with E-state index in [-0.39, 0.29) is 11.6 Å². The third kappa shape index (κ3) is 3.37. The van der Waals surface area contributed by atoms with E-state index < -0.39 is 0 Å². The molecule has 0 bridgehead atoms. The Hall–Kier alpha value is -1.55. The zero-order chi connectivity index (χ0) is 16.3. The van der Waals surface area contributed by atoms with Gasteiger partial charge in [0.1, 0.15) is 6.61 Å². The first-order chi connectivity index (χ1) is 11.2. The van der Waals surface area contributed by atoms with E-state index in [1.54, 1.807) is 0 Å². The Bertz CT molecular complexity index is 529. The smallest absolute Gasteiger partial charge is 0.410 e. The maximum absolute atomic E-state index is 12.1. The first-order valence-electron chi connectivity index (χ1n) is 8.87. The van der Waals surface area contributed by atoms with Gasteiger partial charge in [0.05, 0.1) is 5.54 Å². The molecule has 0 radical (unpaired) electrons. The molecule has 2 aliphatic heterocycles. The summed E-state index contributed by atoms with van der Waals surface area (Å²) in [6.07, 6.45) is 3.18. The van der Waals surface area contributed by atoms with Crippen molar-refractivity contribution < 1.29 is 9.53 Å². The molecule has 2 fully saturated rings. The number of hydrogen-bond acceptors (Lipinski definition) is 3. The van der Waals surface area contributed by atoms with Crippen LogP contribution in [0.5, 0.6) is 0 Å². The van der Waals surface area contributed by atoms with Crippen LogP contribution >= 0.6 is 0 Å². The minimum absolute atomic E-state index is 0.136. The number of ether oxygens (including phenoxy) is 1. The van der Waals surface area contributed by atoms with E-state index in [1.807, 2.05) is 11.0 Å². The molecule has 2 saturated heterocycles. The topological polar surface area (TPSA) is 32.8 Å². The summed E-state index contributed by atoms with van der Waals surface area (Å²) in [5.74, 6) is 0.744. The van der Waals surface area contributed by atoms with E-state index in [0.29, 0.717) is 6.61 Å². The second-order valence-corrected chi connectivity index (χ2v) is 7.01. The molecule has 23 heavy (non-hydrogen) atoms. The summed E-state index contributed by atoms with van der Waals surface area (Å²) in [5.41, 5.74) is 1.09. The number of hydrogen-bond donors (Lipinski definition) is 0. The minimum atomic E-state index is -0.192. The molecule has 1 aromatic carbocycles. The highest BCUT2D eigenvalue weighted by atomic mass is 16.6. The molecule has 4 heteroatoms. The molecular weight excluding hydrogens is 288 g/mol. The monoisotopic (exact) mass is 316 g/mol. The fraction of sp³-hybridized carbons (Fsp3) is 0.632. The number of fused-ring (bicyclic) bond motifs is 1. The van der Waals surface area contributed by atoms with Crippen molar-refractivity contribution in [3.8, 4) is 0 Å². The number of rotatable bonds is 6. The Balaban J connectivity index is 1.77. The largest absolute Gasteiger partial charge is 0.447 e. The van der Waals surface area contributed by atoms with Gasteiger partial charge in [0.25, 0.3) is 0 Å². The third-order valence-electron chi connectivity index (χ3n) is 5.46. The molecule has 1 amide bonds. The van der Waals surface area contributed by atoms with E-state index in [4.69, 9.17) is 4.74 Å². The second-order valence-electron chi connectivity index (χ2n) is 7.01. The zero-order valence-corrected chi connectivity index (χ0v) is 14.3. The standard InChI is InChI=1S/C19H28N2O2/c1-3-16(4-2)13-20-10-11-21-18(22)23-15-19(21,14-20)12-17-8-6-5-7-9-17/h5-9,16H,3-4,10-15H2,1-2H3. The SMILES string of the molecule is CCC(CC)CN1CCN2C(=O)OCC2(Cc2ccccc2)C1. The lowest BCUT2D eigenvalue weighted by molar-refractivity contribution is 0.0425. The maximum atomic E-state index is 12.1. The van der Waals surface area contributed by atoms with Crippen LogP contribution in [0.4, 0.5) is 4.79 Å². The second kappa shape index (κ2) is 6.91. The normalized spacial score (nSPS) is 24.8. The lowest BCUT2D eigenvalue weighted by Gasteiger charge is -2.45. The first kappa shape index (κ1) is 16.3. The van der Waals surface area contributed by atoms with Crippen LogP contribution in [0, 0.1) is 5.92 Å². The fourth-order valence-electron chi connectivity index (χ4n) is 3.99. The van der Waals surface area contributed by atoms with Crippen molar-refractivity contribution in [2.24, 2.45) is 5.92 Å². The highest BCUT2D eigenvalue weighted by molar-refractivity contribution is 5.71. The van der Waals surface area contributed by atoms with Crippen molar-refractivity contribution in [1.82, 2.24) is 9.80 Å². The molecule has 1 atom stereocenters. The van der Waals surface area contributed by atoms with Gasteiger partial charge < -0.3 is 4.74 Å². The summed E-state index contributed by atoms with van der Waals surface area (Å²) in [6, 6.07) is 10.5. The van der Waals surface area contributed by atoms with Crippen molar-refractivity contribution in [2.75, 3.05) is 32.8 Å². The number of piperazine rings is 1. The summed E-state index contributed by atoms with van der Waals surface area (Å²) >= 11 is 0. The van der Waals surface area contributed by atoms with Crippen LogP contribution in [0.15, 0.2) is 30.3 Å². The van der Waals surface area contributed by atoms with Crippen molar-refractivity contribution in [2.45, 2.75) is 38.6 Å². The van der Waals surface area contributed by atoms with Gasteiger partial charge in [0, 0.05) is 32.6 Å². The average Bonchev–Trinajstić information content (AvgIpc) is 2.89. The number of carbonyl (C=O) groups is 1. The molecule has 0 aliphatic carbocycles. The molecule has 1 unspecified atom stereocenters. The molecule has 0 saturated carbocycles. The number of amides is 1. The van der Waals surface area contributed by atoms with Gasteiger partial charge in [0.15, 0.2) is 0 Å². The van der Waals surface area contributed by atoms with Crippen LogP contribution in [-0.2, 0) is 11.2 Å². The molecule has 0 N–H and O–H groups in total. The van der Waals surface area contributed by atoms with Crippen molar-refractivity contribution in [3.05, 3.63) is 35.9 Å². The molecule has 0 spiro atoms. The average molecular weight is 316 g/mol. The van der Waals surface area contributed by atoms with Crippen molar-refractivity contribution in [3.63, 3.8) is 0 Å². The minimum Gasteiger partial charge on any atom is -0.447 e. The number of nitrogens with zero attached hydrogens (tertiary/aromatic N) is 2. The van der Waals surface area contributed by atoms with Gasteiger partial charge in [-0.1, -0.05) is 57.0 Å². The number of cyclic esters (lactones) is 1. The molecule has 0 aromatic heterocycles. The summed E-state index contributed by atoms with van der Waals surface area (Å²) < 4.78 is 5.44. The lowest BCUT2D eigenvalue weighted by atomic mass is 9.87. The van der Waals surface area contributed by atoms with Crippen LogP contribution in [0.1, 0.15) is 32.3 Å². The van der Waals surface area contributed by atoms with Gasteiger partial charge in [0.2, 0.25) is 0 Å². The quantitative estimate of drug-likeness (QED) is 0.808. The van der Waals surface area contributed by atoms with Gasteiger partial charge in [-0.05, 0) is 11.5 Å². The highest BCUT2D eigenvalue weighted by Gasteiger charge is 2.50. The Morgan fingerprint density at radius 2 is 1.91 bits per heavy atom. The highest BCUT2D eigenvalue weighted by Crippen LogP contribution is 2.32. The van der Waals surface area contributed by atoms with E-state index in [2.05, 4.69) is 43.0 Å². The van der Waals surface area contributed by atoms with Gasteiger partial charge in [-0.15, -0.1) is 0 Å². The van der Waals surface area contributed by atoms with E-state index in [9.17, 15) is 4.79 Å². The van der Waals surface area contributed by atoms with Gasteiger partial charge in [-0.3, -0.25) is 9.80 Å². The predicted molar refractivity (Wildman–Crippen MR) is 91.4 cm³/mol. The third-order valence-corrected chi connectivity index (χ3v) is 5.46.